The van der Waals surface area contributed by atoms with Gasteiger partial charge in [-0.25, -0.2) is 9.31 Å². The van der Waals surface area contributed by atoms with Crippen LogP contribution >= 0.6 is 0 Å². The Kier molecular flexibility index (Phi) is 9.29. The summed E-state index contributed by atoms with van der Waals surface area (Å²) in [4.78, 5) is 33.5. The van der Waals surface area contributed by atoms with Crippen LogP contribution in [-0.4, -0.2) is 52.2 Å². The van der Waals surface area contributed by atoms with Crippen molar-refractivity contribution >= 4 is 5.78 Å². The minimum Gasteiger partial charge on any atom is -0.388 e. The van der Waals surface area contributed by atoms with Gasteiger partial charge < -0.3 is 9.84 Å². The van der Waals surface area contributed by atoms with Crippen LogP contribution in [0.2, 0.25) is 0 Å². The molecule has 3 heterocycles. The Hall–Kier alpha value is -4.35. The molecule has 3 aromatic heterocycles. The molecule has 11 nitrogen and oxygen atoms in total. The summed E-state index contributed by atoms with van der Waals surface area (Å²) in [6, 6.07) is 15.8. The molecule has 1 aliphatic carbocycles. The van der Waals surface area contributed by atoms with Gasteiger partial charge in [-0.1, -0.05) is 67.0 Å². The van der Waals surface area contributed by atoms with Gasteiger partial charge in [0.1, 0.15) is 5.82 Å². The summed E-state index contributed by atoms with van der Waals surface area (Å²) in [6.07, 6.45) is 6.05. The molecule has 2 aromatic carbocycles. The maximum atomic E-state index is 14.5. The van der Waals surface area contributed by atoms with E-state index in [1.165, 1.54) is 0 Å². The van der Waals surface area contributed by atoms with Crippen LogP contribution in [0.25, 0.3) is 28.3 Å². The van der Waals surface area contributed by atoms with Crippen molar-refractivity contribution in [2.24, 2.45) is 0 Å². The molecule has 1 aliphatic rings. The van der Waals surface area contributed by atoms with E-state index in [4.69, 9.17) is 19.3 Å². The second-order valence-electron chi connectivity index (χ2n) is 13.3. The smallest absolute Gasteiger partial charge is 0.388 e. The summed E-state index contributed by atoms with van der Waals surface area (Å²) in [5.41, 5.74) is 4.38. The monoisotopic (exact) mass is 640 g/mol. The molecule has 1 fully saturated rings. The fourth-order valence-electron chi connectivity index (χ4n) is 6.52. The van der Waals surface area contributed by atoms with Crippen LogP contribution in [0.3, 0.4) is 0 Å². The van der Waals surface area contributed by atoms with Gasteiger partial charge in [-0.05, 0) is 82.9 Å². The number of aliphatic hydroxyl groups is 1. The highest BCUT2D eigenvalue weighted by molar-refractivity contribution is 5.80. The first kappa shape index (κ1) is 32.6. The van der Waals surface area contributed by atoms with Gasteiger partial charge in [0, 0.05) is 23.6 Å². The maximum Gasteiger partial charge on any atom is 0.439 e. The number of hydrogen-bond acceptors (Lipinski definition) is 8. The van der Waals surface area contributed by atoms with E-state index in [-0.39, 0.29) is 23.8 Å². The number of aromatic nitrogens is 6. The standard InChI is InChI=1S/C36H44N6O5/c1-6-7-12-31-30(21-24-13-15-25(16-14-24)28-10-8-9-11-29(28)32-38-35(44)47-40-32)33(43)41(34-37-23(3)39-42(31)34)26-17-19-27(20-18-26)46-22(2)36(4,5)45/h8-11,13-16,22,26-27,45H,6-7,12,17-21H2,1-5H3,(H,38,40,44). The van der Waals surface area contributed by atoms with Crippen molar-refractivity contribution < 1.29 is 14.4 Å². The van der Waals surface area contributed by atoms with E-state index in [2.05, 4.69) is 17.1 Å². The highest BCUT2D eigenvalue weighted by atomic mass is 16.5. The molecule has 0 bridgehead atoms. The second kappa shape index (κ2) is 13.4. The first-order valence-corrected chi connectivity index (χ1v) is 16.7. The average molecular weight is 641 g/mol. The number of aryl methyl sites for hydroxylation is 2. The topological polar surface area (TPSA) is 141 Å². The highest BCUT2D eigenvalue weighted by Gasteiger charge is 2.32. The van der Waals surface area contributed by atoms with Crippen molar-refractivity contribution in [3.05, 3.63) is 92.1 Å². The largest absolute Gasteiger partial charge is 0.439 e. The number of hydrogen-bond donors (Lipinski definition) is 2. The van der Waals surface area contributed by atoms with Crippen LogP contribution < -0.4 is 11.3 Å². The van der Waals surface area contributed by atoms with Crippen LogP contribution in [0, 0.1) is 6.92 Å². The zero-order valence-electron chi connectivity index (χ0n) is 27.8. The van der Waals surface area contributed by atoms with Crippen LogP contribution in [0.4, 0.5) is 0 Å². The number of H-pyrrole nitrogens is 1. The van der Waals surface area contributed by atoms with E-state index >= 15 is 0 Å². The molecule has 248 valence electrons. The fourth-order valence-corrected chi connectivity index (χ4v) is 6.52. The maximum absolute atomic E-state index is 14.5. The number of ether oxygens (including phenoxy) is 1. The Labute approximate surface area is 273 Å². The molecule has 0 radical (unpaired) electrons. The van der Waals surface area contributed by atoms with Crippen molar-refractivity contribution in [3.8, 4) is 22.5 Å². The molecule has 0 saturated heterocycles. The van der Waals surface area contributed by atoms with Crippen molar-refractivity contribution in [2.45, 2.75) is 110 Å². The van der Waals surface area contributed by atoms with Crippen LogP contribution in [0.15, 0.2) is 62.6 Å². The van der Waals surface area contributed by atoms with Crippen LogP contribution in [0.1, 0.15) is 94.9 Å². The molecule has 6 rings (SSSR count). The predicted molar refractivity (Wildman–Crippen MR) is 180 cm³/mol. The lowest BCUT2D eigenvalue weighted by atomic mass is 9.91. The number of benzene rings is 2. The fraction of sp³-hybridized carbons (Fsp3) is 0.472. The number of aromatic amines is 1. The van der Waals surface area contributed by atoms with Crippen molar-refractivity contribution in [2.75, 3.05) is 0 Å². The molecule has 1 atom stereocenters. The summed E-state index contributed by atoms with van der Waals surface area (Å²) in [5, 5.41) is 19.0. The predicted octanol–water partition coefficient (Wildman–Crippen LogP) is 5.80. The Bertz CT molecular complexity index is 1950. The van der Waals surface area contributed by atoms with Crippen molar-refractivity contribution in [1.29, 1.82) is 0 Å². The molecular weight excluding hydrogens is 596 g/mol. The van der Waals surface area contributed by atoms with Gasteiger partial charge in [-0.2, -0.15) is 10.1 Å². The minimum absolute atomic E-state index is 0.00496. The Morgan fingerprint density at radius 2 is 1.77 bits per heavy atom. The third kappa shape index (κ3) is 6.87. The van der Waals surface area contributed by atoms with Crippen LogP contribution in [0.5, 0.6) is 0 Å². The lowest BCUT2D eigenvalue weighted by molar-refractivity contribution is -0.118. The van der Waals surface area contributed by atoms with Gasteiger partial charge in [0.25, 0.3) is 5.56 Å². The number of unbranched alkanes of at least 4 members (excludes halogenated alkanes) is 1. The molecule has 5 aromatic rings. The number of fused-ring (bicyclic) bond motifs is 1. The summed E-state index contributed by atoms with van der Waals surface area (Å²) in [6.45, 7) is 9.46. The molecule has 2 N–H and O–H groups in total. The lowest BCUT2D eigenvalue weighted by Gasteiger charge is -2.35. The molecule has 1 unspecified atom stereocenters. The third-order valence-corrected chi connectivity index (χ3v) is 9.43. The zero-order valence-corrected chi connectivity index (χ0v) is 27.8. The molecule has 0 spiro atoms. The van der Waals surface area contributed by atoms with Gasteiger partial charge in [-0.15, -0.1) is 0 Å². The van der Waals surface area contributed by atoms with Gasteiger partial charge in [0.2, 0.25) is 5.78 Å². The van der Waals surface area contributed by atoms with Crippen LogP contribution in [-0.2, 0) is 17.6 Å². The molecule has 11 heteroatoms. The normalized spacial score (nSPS) is 17.7. The van der Waals surface area contributed by atoms with E-state index < -0.39 is 11.4 Å². The van der Waals surface area contributed by atoms with E-state index in [0.717, 1.165) is 78.5 Å². The molecular formula is C36H44N6O5. The molecule has 0 aliphatic heterocycles. The van der Waals surface area contributed by atoms with Gasteiger partial charge in [0.15, 0.2) is 5.82 Å². The number of nitrogens with zero attached hydrogens (tertiary/aromatic N) is 5. The Morgan fingerprint density at radius 3 is 2.40 bits per heavy atom. The summed E-state index contributed by atoms with van der Waals surface area (Å²) in [5.74, 6) is 1.02. The quantitative estimate of drug-likeness (QED) is 0.185. The van der Waals surface area contributed by atoms with E-state index in [1.54, 1.807) is 13.8 Å². The van der Waals surface area contributed by atoms with Crippen molar-refractivity contribution in [1.82, 2.24) is 29.3 Å². The first-order valence-electron chi connectivity index (χ1n) is 16.7. The molecule has 1 saturated carbocycles. The van der Waals surface area contributed by atoms with E-state index in [0.29, 0.717) is 23.8 Å². The average Bonchev–Trinajstić information content (AvgIpc) is 3.66. The minimum atomic E-state index is -0.916. The summed E-state index contributed by atoms with van der Waals surface area (Å²) < 4.78 is 14.7. The SMILES string of the molecule is CCCCc1c(Cc2ccc(-c3ccccc3-c3noc(=O)[nH]3)cc2)c(=O)n(C2CCC(OC(C)C(C)(C)O)CC2)c2nc(C)nn12. The second-order valence-corrected chi connectivity index (χ2v) is 13.3. The molecule has 47 heavy (non-hydrogen) atoms. The lowest BCUT2D eigenvalue weighted by Crippen LogP contribution is -2.40. The number of nitrogens with one attached hydrogen (secondary N) is 1. The summed E-state index contributed by atoms with van der Waals surface area (Å²) >= 11 is 0. The Morgan fingerprint density at radius 1 is 1.06 bits per heavy atom. The van der Waals surface area contributed by atoms with Gasteiger partial charge in [-0.3, -0.25) is 18.9 Å². The number of rotatable bonds is 11. The zero-order chi connectivity index (χ0) is 33.3. The van der Waals surface area contributed by atoms with Gasteiger partial charge >= 0.3 is 5.76 Å². The first-order chi connectivity index (χ1) is 22.5. The third-order valence-electron chi connectivity index (χ3n) is 9.43. The van der Waals surface area contributed by atoms with Crippen molar-refractivity contribution in [3.63, 3.8) is 0 Å². The highest BCUT2D eigenvalue weighted by Crippen LogP contribution is 2.33. The van der Waals surface area contributed by atoms with E-state index in [1.807, 2.05) is 71.5 Å². The summed E-state index contributed by atoms with van der Waals surface area (Å²) in [7, 11) is 0. The van der Waals surface area contributed by atoms with E-state index in [9.17, 15) is 14.7 Å². The van der Waals surface area contributed by atoms with Gasteiger partial charge in [0.05, 0.1) is 23.5 Å². The Balaban J connectivity index is 1.33. The molecule has 0 amide bonds.